The Balaban J connectivity index is 1.42. The molecule has 122 valence electrons. The number of carbonyl (C=O) groups excluding carboxylic acids is 1. The van der Waals surface area contributed by atoms with Crippen LogP contribution in [0.25, 0.3) is 0 Å². The van der Waals surface area contributed by atoms with E-state index in [4.69, 9.17) is 10.00 Å². The van der Waals surface area contributed by atoms with E-state index in [0.29, 0.717) is 17.9 Å². The fourth-order valence-electron chi connectivity index (χ4n) is 2.60. The van der Waals surface area contributed by atoms with Crippen LogP contribution in [0.5, 0.6) is 0 Å². The van der Waals surface area contributed by atoms with Crippen LogP contribution in [0.2, 0.25) is 0 Å². The van der Waals surface area contributed by atoms with Gasteiger partial charge in [-0.15, -0.1) is 0 Å². The number of ether oxygens (including phenoxy) is 1. The maximum atomic E-state index is 12.1. The minimum Gasteiger partial charge on any atom is -0.464 e. The number of esters is 1. The molecule has 1 aromatic carbocycles. The highest BCUT2D eigenvalue weighted by molar-refractivity contribution is 9.10. The lowest BCUT2D eigenvalue weighted by molar-refractivity contribution is -0.144. The van der Waals surface area contributed by atoms with Crippen LogP contribution in [0.1, 0.15) is 23.5 Å². The summed E-state index contributed by atoms with van der Waals surface area (Å²) in [6.45, 7) is 0.678. The molecule has 0 aliphatic heterocycles. The number of carbonyl (C=O) groups is 1. The van der Waals surface area contributed by atoms with Crippen molar-refractivity contribution in [2.24, 2.45) is 5.92 Å². The molecule has 1 heterocycles. The first-order valence-corrected chi connectivity index (χ1v) is 8.49. The highest BCUT2D eigenvalue weighted by Gasteiger charge is 2.45. The van der Waals surface area contributed by atoms with Gasteiger partial charge in [-0.1, -0.05) is 28.1 Å². The minimum absolute atomic E-state index is 0.0457. The molecule has 6 heteroatoms. The molecular formula is C18H16BrN3O2. The van der Waals surface area contributed by atoms with Crippen molar-refractivity contribution >= 4 is 27.7 Å². The number of hydrogen-bond donors (Lipinski definition) is 1. The van der Waals surface area contributed by atoms with Crippen LogP contribution in [0, 0.1) is 17.2 Å². The third kappa shape index (κ3) is 3.92. The number of hydrogen-bond acceptors (Lipinski definition) is 5. The van der Waals surface area contributed by atoms with Crippen molar-refractivity contribution in [2.45, 2.75) is 12.3 Å². The summed E-state index contributed by atoms with van der Waals surface area (Å²) >= 11 is 3.41. The molecule has 1 aromatic heterocycles. The third-order valence-corrected chi connectivity index (χ3v) is 4.49. The van der Waals surface area contributed by atoms with Gasteiger partial charge in [-0.3, -0.25) is 4.79 Å². The average molecular weight is 386 g/mol. The fourth-order valence-corrected chi connectivity index (χ4v) is 2.86. The zero-order valence-corrected chi connectivity index (χ0v) is 14.5. The van der Waals surface area contributed by atoms with Crippen LogP contribution >= 0.6 is 15.9 Å². The smallest absolute Gasteiger partial charge is 0.309 e. The number of nitrogens with one attached hydrogen (secondary N) is 1. The molecule has 2 unspecified atom stereocenters. The molecule has 0 amide bonds. The van der Waals surface area contributed by atoms with Gasteiger partial charge in [0.25, 0.3) is 0 Å². The topological polar surface area (TPSA) is 75.0 Å². The number of nitriles is 1. The Morgan fingerprint density at radius 1 is 1.38 bits per heavy atom. The highest BCUT2D eigenvalue weighted by Crippen LogP contribution is 2.48. The maximum Gasteiger partial charge on any atom is 0.309 e. The number of nitrogens with zero attached hydrogens (tertiary/aromatic N) is 2. The van der Waals surface area contributed by atoms with Gasteiger partial charge in [-0.2, -0.15) is 5.26 Å². The maximum absolute atomic E-state index is 12.1. The van der Waals surface area contributed by atoms with E-state index >= 15 is 0 Å². The third-order valence-electron chi connectivity index (χ3n) is 3.96. The van der Waals surface area contributed by atoms with Gasteiger partial charge >= 0.3 is 5.97 Å². The molecule has 2 aromatic rings. The van der Waals surface area contributed by atoms with E-state index in [2.05, 4.69) is 32.3 Å². The zero-order chi connectivity index (χ0) is 16.9. The normalized spacial score (nSPS) is 18.5. The number of rotatable bonds is 6. The van der Waals surface area contributed by atoms with Crippen molar-refractivity contribution in [3.8, 4) is 6.07 Å². The second-order valence-corrected chi connectivity index (χ2v) is 6.52. The monoisotopic (exact) mass is 385 g/mol. The standard InChI is InChI=1S/C18H16BrN3O2/c19-14-5-3-12(4-6-14)15-10-16(15)18(23)24-9-8-22-17-13(11-20)2-1-7-21-17/h1-7,15-16H,8-10H2,(H,21,22). The van der Waals surface area contributed by atoms with E-state index < -0.39 is 0 Å². The van der Waals surface area contributed by atoms with E-state index in [0.717, 1.165) is 10.9 Å². The van der Waals surface area contributed by atoms with Crippen molar-refractivity contribution in [2.75, 3.05) is 18.5 Å². The lowest BCUT2D eigenvalue weighted by Gasteiger charge is -2.08. The largest absolute Gasteiger partial charge is 0.464 e. The quantitative estimate of drug-likeness (QED) is 0.608. The van der Waals surface area contributed by atoms with E-state index in [-0.39, 0.29) is 24.4 Å². The summed E-state index contributed by atoms with van der Waals surface area (Å²) in [7, 11) is 0. The van der Waals surface area contributed by atoms with Crippen LogP contribution in [-0.4, -0.2) is 24.1 Å². The molecule has 1 aliphatic rings. The molecule has 1 saturated carbocycles. The summed E-state index contributed by atoms with van der Waals surface area (Å²) in [6, 6.07) is 13.5. The van der Waals surface area contributed by atoms with Gasteiger partial charge in [0.15, 0.2) is 0 Å². The summed E-state index contributed by atoms with van der Waals surface area (Å²) in [4.78, 5) is 16.2. The summed E-state index contributed by atoms with van der Waals surface area (Å²) in [5.74, 6) is 0.566. The summed E-state index contributed by atoms with van der Waals surface area (Å²) in [6.07, 6.45) is 2.45. The number of aromatic nitrogens is 1. The van der Waals surface area contributed by atoms with Crippen molar-refractivity contribution in [1.82, 2.24) is 4.98 Å². The number of halogens is 1. The van der Waals surface area contributed by atoms with E-state index in [1.54, 1.807) is 18.3 Å². The van der Waals surface area contributed by atoms with E-state index in [9.17, 15) is 4.79 Å². The molecule has 1 N–H and O–H groups in total. The molecule has 0 bridgehead atoms. The lowest BCUT2D eigenvalue weighted by Crippen LogP contribution is -2.16. The van der Waals surface area contributed by atoms with Crippen molar-refractivity contribution in [3.05, 3.63) is 58.2 Å². The second kappa shape index (κ2) is 7.45. The van der Waals surface area contributed by atoms with Crippen LogP contribution < -0.4 is 5.32 Å². The van der Waals surface area contributed by atoms with Gasteiger partial charge < -0.3 is 10.1 Å². The average Bonchev–Trinajstić information content (AvgIpc) is 3.40. The van der Waals surface area contributed by atoms with Crippen LogP contribution in [0.15, 0.2) is 47.1 Å². The van der Waals surface area contributed by atoms with Crippen molar-refractivity contribution in [1.29, 1.82) is 5.26 Å². The lowest BCUT2D eigenvalue weighted by atomic mass is 10.1. The van der Waals surface area contributed by atoms with Crippen molar-refractivity contribution < 1.29 is 9.53 Å². The van der Waals surface area contributed by atoms with E-state index in [1.165, 1.54) is 5.56 Å². The van der Waals surface area contributed by atoms with Crippen molar-refractivity contribution in [3.63, 3.8) is 0 Å². The second-order valence-electron chi connectivity index (χ2n) is 5.61. The Kier molecular flexibility index (Phi) is 5.11. The number of anilines is 1. The summed E-state index contributed by atoms with van der Waals surface area (Å²) in [5.41, 5.74) is 1.65. The minimum atomic E-state index is -0.161. The van der Waals surface area contributed by atoms with Gasteiger partial charge in [-0.05, 0) is 42.2 Å². The highest BCUT2D eigenvalue weighted by atomic mass is 79.9. The fraction of sp³-hybridized carbons (Fsp3) is 0.278. The first-order chi connectivity index (χ1) is 11.7. The molecule has 0 spiro atoms. The van der Waals surface area contributed by atoms with Gasteiger partial charge in [0, 0.05) is 10.7 Å². The predicted molar refractivity (Wildman–Crippen MR) is 93.4 cm³/mol. The molecule has 2 atom stereocenters. The van der Waals surface area contributed by atoms with E-state index in [1.807, 2.05) is 24.3 Å². The molecule has 5 nitrogen and oxygen atoms in total. The molecule has 24 heavy (non-hydrogen) atoms. The summed E-state index contributed by atoms with van der Waals surface area (Å²) < 4.78 is 6.35. The zero-order valence-electron chi connectivity index (χ0n) is 12.9. The number of pyridine rings is 1. The van der Waals surface area contributed by atoms with Gasteiger partial charge in [-0.25, -0.2) is 4.98 Å². The Morgan fingerprint density at radius 3 is 2.92 bits per heavy atom. The molecule has 3 rings (SSSR count). The Labute approximate surface area is 148 Å². The van der Waals surface area contributed by atoms with Gasteiger partial charge in [0.2, 0.25) is 0 Å². The van der Waals surface area contributed by atoms with Crippen LogP contribution in [-0.2, 0) is 9.53 Å². The molecule has 0 saturated heterocycles. The van der Waals surface area contributed by atoms with Gasteiger partial charge in [0.1, 0.15) is 18.5 Å². The SMILES string of the molecule is N#Cc1cccnc1NCCOC(=O)C1CC1c1ccc(Br)cc1. The molecule has 1 aliphatic carbocycles. The van der Waals surface area contributed by atoms with Crippen LogP contribution in [0.4, 0.5) is 5.82 Å². The Hall–Kier alpha value is -2.39. The Morgan fingerprint density at radius 2 is 2.17 bits per heavy atom. The Bertz CT molecular complexity index is 771. The predicted octanol–water partition coefficient (Wildman–Crippen LogP) is 3.47. The molecule has 1 fully saturated rings. The van der Waals surface area contributed by atoms with Crippen LogP contribution in [0.3, 0.4) is 0 Å². The number of benzene rings is 1. The molecule has 0 radical (unpaired) electrons. The first-order valence-electron chi connectivity index (χ1n) is 7.70. The summed E-state index contributed by atoms with van der Waals surface area (Å²) in [5, 5.41) is 12.0. The first kappa shape index (κ1) is 16.5. The van der Waals surface area contributed by atoms with Gasteiger partial charge in [0.05, 0.1) is 18.0 Å². The molecular weight excluding hydrogens is 370 g/mol.